The summed E-state index contributed by atoms with van der Waals surface area (Å²) in [6.07, 6.45) is 2.16. The zero-order valence-electron chi connectivity index (χ0n) is 8.61. The maximum atomic E-state index is 11.9. The zero-order valence-corrected chi connectivity index (χ0v) is 10.2. The molecule has 0 fully saturated rings. The van der Waals surface area contributed by atoms with Gasteiger partial charge >= 0.3 is 0 Å². The second-order valence-electron chi connectivity index (χ2n) is 3.38. The normalized spacial score (nSPS) is 10.5. The standard InChI is InChI=1S/C11H11NOS2/c1-7-5-10(15-8(7)2)9(13)6-11-12-3-4-14-11/h3-5H,6H2,1-2H3. The molecule has 0 aliphatic rings. The lowest BCUT2D eigenvalue weighted by atomic mass is 10.2. The zero-order chi connectivity index (χ0) is 10.8. The number of hydrogen-bond acceptors (Lipinski definition) is 4. The van der Waals surface area contributed by atoms with Crippen LogP contribution in [0.25, 0.3) is 0 Å². The van der Waals surface area contributed by atoms with Gasteiger partial charge in [0.05, 0.1) is 11.3 Å². The quantitative estimate of drug-likeness (QED) is 0.767. The van der Waals surface area contributed by atoms with Gasteiger partial charge in [0.15, 0.2) is 5.78 Å². The molecule has 4 heteroatoms. The van der Waals surface area contributed by atoms with Crippen molar-refractivity contribution in [2.75, 3.05) is 0 Å². The van der Waals surface area contributed by atoms with E-state index in [4.69, 9.17) is 0 Å². The minimum atomic E-state index is 0.172. The van der Waals surface area contributed by atoms with Crippen molar-refractivity contribution in [2.45, 2.75) is 20.3 Å². The highest BCUT2D eigenvalue weighted by atomic mass is 32.1. The molecule has 0 unspecified atom stereocenters. The van der Waals surface area contributed by atoms with Gasteiger partial charge in [-0.2, -0.15) is 0 Å². The second-order valence-corrected chi connectivity index (χ2v) is 5.61. The number of aryl methyl sites for hydroxylation is 2. The molecule has 0 bridgehead atoms. The SMILES string of the molecule is Cc1cc(C(=O)Cc2nccs2)sc1C. The predicted octanol–water partition coefficient (Wildman–Crippen LogP) is 3.25. The van der Waals surface area contributed by atoms with E-state index in [0.29, 0.717) is 6.42 Å². The van der Waals surface area contributed by atoms with E-state index in [9.17, 15) is 4.79 Å². The topological polar surface area (TPSA) is 30.0 Å². The average molecular weight is 237 g/mol. The Hall–Kier alpha value is -1.00. The summed E-state index contributed by atoms with van der Waals surface area (Å²) in [7, 11) is 0. The van der Waals surface area contributed by atoms with Gasteiger partial charge in [0, 0.05) is 16.5 Å². The Balaban J connectivity index is 2.15. The summed E-state index contributed by atoms with van der Waals surface area (Å²) >= 11 is 3.10. The molecule has 0 N–H and O–H groups in total. The van der Waals surface area contributed by atoms with Crippen molar-refractivity contribution in [3.8, 4) is 0 Å². The number of thiazole rings is 1. The molecule has 0 radical (unpaired) electrons. The van der Waals surface area contributed by atoms with E-state index in [1.54, 1.807) is 17.5 Å². The summed E-state index contributed by atoms with van der Waals surface area (Å²) in [6, 6.07) is 1.97. The fourth-order valence-electron chi connectivity index (χ4n) is 1.28. The number of rotatable bonds is 3. The number of ketones is 1. The fourth-order valence-corrected chi connectivity index (χ4v) is 2.86. The van der Waals surface area contributed by atoms with Gasteiger partial charge in [0.25, 0.3) is 0 Å². The minimum absolute atomic E-state index is 0.172. The first-order valence-corrected chi connectivity index (χ1v) is 6.35. The third kappa shape index (κ3) is 2.33. The lowest BCUT2D eigenvalue weighted by Gasteiger charge is -1.92. The van der Waals surface area contributed by atoms with E-state index in [0.717, 1.165) is 9.88 Å². The highest BCUT2D eigenvalue weighted by molar-refractivity contribution is 7.14. The molecule has 2 aromatic heterocycles. The van der Waals surface area contributed by atoms with Gasteiger partial charge in [0.2, 0.25) is 0 Å². The van der Waals surface area contributed by atoms with Crippen molar-refractivity contribution < 1.29 is 4.79 Å². The van der Waals surface area contributed by atoms with Crippen molar-refractivity contribution in [1.29, 1.82) is 0 Å². The Morgan fingerprint density at radius 2 is 2.27 bits per heavy atom. The number of nitrogens with zero attached hydrogens (tertiary/aromatic N) is 1. The molecule has 2 nitrogen and oxygen atoms in total. The van der Waals surface area contributed by atoms with E-state index in [1.807, 2.05) is 25.3 Å². The molecule has 0 atom stereocenters. The Bertz CT molecular complexity index is 451. The largest absolute Gasteiger partial charge is 0.293 e. The van der Waals surface area contributed by atoms with Gasteiger partial charge in [-0.25, -0.2) is 4.98 Å². The molecule has 78 valence electrons. The Labute approximate surface area is 96.6 Å². The Morgan fingerprint density at radius 3 is 2.80 bits per heavy atom. The van der Waals surface area contributed by atoms with Gasteiger partial charge in [-0.1, -0.05) is 0 Å². The second kappa shape index (κ2) is 4.24. The number of carbonyl (C=O) groups is 1. The van der Waals surface area contributed by atoms with E-state index in [-0.39, 0.29) is 5.78 Å². The minimum Gasteiger partial charge on any atom is -0.293 e. The van der Waals surface area contributed by atoms with Crippen LogP contribution < -0.4 is 0 Å². The molecule has 2 rings (SSSR count). The highest BCUT2D eigenvalue weighted by Crippen LogP contribution is 2.22. The van der Waals surface area contributed by atoms with E-state index < -0.39 is 0 Å². The van der Waals surface area contributed by atoms with Crippen LogP contribution in [0.4, 0.5) is 0 Å². The van der Waals surface area contributed by atoms with Crippen molar-refractivity contribution in [2.24, 2.45) is 0 Å². The first-order chi connectivity index (χ1) is 7.16. The molecule has 0 aliphatic carbocycles. The number of aromatic nitrogens is 1. The predicted molar refractivity (Wildman–Crippen MR) is 63.9 cm³/mol. The molecule has 2 aromatic rings. The third-order valence-corrected chi connectivity index (χ3v) is 4.21. The summed E-state index contributed by atoms with van der Waals surface area (Å²) in [5, 5.41) is 2.79. The van der Waals surface area contributed by atoms with Gasteiger partial charge in [0.1, 0.15) is 5.01 Å². The van der Waals surface area contributed by atoms with E-state index in [2.05, 4.69) is 4.98 Å². The molecule has 2 heterocycles. The van der Waals surface area contributed by atoms with Crippen LogP contribution in [-0.2, 0) is 6.42 Å². The van der Waals surface area contributed by atoms with E-state index in [1.165, 1.54) is 21.8 Å². The third-order valence-electron chi connectivity index (χ3n) is 2.24. The fraction of sp³-hybridized carbons (Fsp3) is 0.273. The first kappa shape index (κ1) is 10.5. The van der Waals surface area contributed by atoms with Gasteiger partial charge in [-0.15, -0.1) is 22.7 Å². The highest BCUT2D eigenvalue weighted by Gasteiger charge is 2.12. The van der Waals surface area contributed by atoms with Crippen LogP contribution >= 0.6 is 22.7 Å². The molecular formula is C11H11NOS2. The molecule has 0 saturated carbocycles. The Morgan fingerprint density at radius 1 is 1.47 bits per heavy atom. The van der Waals surface area contributed by atoms with Crippen LogP contribution in [0.3, 0.4) is 0 Å². The smallest absolute Gasteiger partial charge is 0.179 e. The van der Waals surface area contributed by atoms with Gasteiger partial charge < -0.3 is 0 Å². The van der Waals surface area contributed by atoms with Crippen LogP contribution in [-0.4, -0.2) is 10.8 Å². The number of thiophene rings is 1. The summed E-state index contributed by atoms with van der Waals surface area (Å²) in [6.45, 7) is 4.08. The molecule has 0 amide bonds. The van der Waals surface area contributed by atoms with Gasteiger partial charge in [-0.3, -0.25) is 4.79 Å². The molecular weight excluding hydrogens is 226 g/mol. The van der Waals surface area contributed by atoms with Crippen LogP contribution in [0.15, 0.2) is 17.6 Å². The monoisotopic (exact) mass is 237 g/mol. The number of Topliss-reactive ketones (excluding diaryl/α,β-unsaturated/α-hetero) is 1. The molecule has 0 aromatic carbocycles. The van der Waals surface area contributed by atoms with Crippen molar-refractivity contribution in [1.82, 2.24) is 4.98 Å². The molecule has 15 heavy (non-hydrogen) atoms. The first-order valence-electron chi connectivity index (χ1n) is 4.65. The average Bonchev–Trinajstić information content (AvgIpc) is 2.78. The van der Waals surface area contributed by atoms with Crippen LogP contribution in [0, 0.1) is 13.8 Å². The molecule has 0 aliphatic heterocycles. The van der Waals surface area contributed by atoms with Crippen molar-refractivity contribution in [3.05, 3.63) is 38.0 Å². The van der Waals surface area contributed by atoms with Crippen molar-refractivity contribution >= 4 is 28.5 Å². The molecule has 0 saturated heterocycles. The summed E-state index contributed by atoms with van der Waals surface area (Å²) < 4.78 is 0. The molecule has 0 spiro atoms. The summed E-state index contributed by atoms with van der Waals surface area (Å²) in [5.41, 5.74) is 1.20. The van der Waals surface area contributed by atoms with Crippen LogP contribution in [0.5, 0.6) is 0 Å². The maximum absolute atomic E-state index is 11.9. The lowest BCUT2D eigenvalue weighted by Crippen LogP contribution is -2.00. The Kier molecular flexibility index (Phi) is 2.98. The number of carbonyl (C=O) groups excluding carboxylic acids is 1. The van der Waals surface area contributed by atoms with Crippen LogP contribution in [0.2, 0.25) is 0 Å². The van der Waals surface area contributed by atoms with Crippen molar-refractivity contribution in [3.63, 3.8) is 0 Å². The lowest BCUT2D eigenvalue weighted by molar-refractivity contribution is 0.0996. The maximum Gasteiger partial charge on any atom is 0.179 e. The van der Waals surface area contributed by atoms with Gasteiger partial charge in [-0.05, 0) is 25.5 Å². The van der Waals surface area contributed by atoms with E-state index >= 15 is 0 Å². The number of hydrogen-bond donors (Lipinski definition) is 0. The summed E-state index contributed by atoms with van der Waals surface area (Å²) in [4.78, 5) is 18.0. The van der Waals surface area contributed by atoms with Crippen LogP contribution in [0.1, 0.15) is 25.1 Å². The summed E-state index contributed by atoms with van der Waals surface area (Å²) in [5.74, 6) is 0.172.